The first-order chi connectivity index (χ1) is 8.27. The molecule has 0 aromatic rings. The van der Waals surface area contributed by atoms with Gasteiger partial charge in [-0.2, -0.15) is 0 Å². The van der Waals surface area contributed by atoms with Gasteiger partial charge >= 0.3 is 0 Å². The predicted octanol–water partition coefficient (Wildman–Crippen LogP) is 0.375. The van der Waals surface area contributed by atoms with Crippen molar-refractivity contribution in [3.8, 4) is 0 Å². The number of fused-ring (bicyclic) bond motifs is 1. The van der Waals surface area contributed by atoms with Gasteiger partial charge in [-0.15, -0.1) is 0 Å². The van der Waals surface area contributed by atoms with Gasteiger partial charge < -0.3 is 28.8 Å². The van der Waals surface area contributed by atoms with E-state index >= 15 is 0 Å². The van der Waals surface area contributed by atoms with Gasteiger partial charge in [0.15, 0.2) is 17.9 Å². The summed E-state index contributed by atoms with van der Waals surface area (Å²) in [7, 11) is 0. The third kappa shape index (κ3) is 2.07. The molecule has 3 aliphatic rings. The number of hydrogen-bond donors (Lipinski definition) is 1. The first kappa shape index (κ1) is 12.8. The first-order valence-corrected chi connectivity index (χ1v) is 6.28. The summed E-state index contributed by atoms with van der Waals surface area (Å²) in [5.41, 5.74) is 0. The monoisotopic (exact) mass is 260 g/mol. The fraction of sp³-hybridized carbons (Fsp3) is 1.00. The van der Waals surface area contributed by atoms with Crippen LogP contribution in [-0.4, -0.2) is 54.0 Å². The summed E-state index contributed by atoms with van der Waals surface area (Å²) in [6.07, 6.45) is -2.38. The summed E-state index contributed by atoms with van der Waals surface area (Å²) < 4.78 is 28.2. The van der Waals surface area contributed by atoms with Crippen LogP contribution in [0, 0.1) is 0 Å². The molecule has 0 saturated carbocycles. The molecule has 3 aliphatic heterocycles. The molecule has 1 N–H and O–H groups in total. The van der Waals surface area contributed by atoms with E-state index in [1.165, 1.54) is 0 Å². The zero-order chi connectivity index (χ0) is 13.1. The Morgan fingerprint density at radius 3 is 2.17 bits per heavy atom. The maximum Gasteiger partial charge on any atom is 0.184 e. The fourth-order valence-corrected chi connectivity index (χ4v) is 2.78. The molecule has 0 spiro atoms. The topological polar surface area (TPSA) is 66.4 Å². The normalized spacial score (nSPS) is 49.5. The minimum atomic E-state index is -0.978. The average molecular weight is 260 g/mol. The number of ether oxygens (including phenoxy) is 5. The number of aliphatic hydroxyl groups is 1. The molecule has 3 saturated heterocycles. The maximum atomic E-state index is 9.87. The SMILES string of the molecule is CC1(C)OCC(C2OC(O)C3OC(C)(C)OC32)O1. The van der Waals surface area contributed by atoms with E-state index in [0.29, 0.717) is 6.61 Å². The van der Waals surface area contributed by atoms with Crippen LogP contribution >= 0.6 is 0 Å². The molecule has 0 aromatic heterocycles. The van der Waals surface area contributed by atoms with E-state index in [1.54, 1.807) is 0 Å². The molecule has 0 bridgehead atoms. The zero-order valence-electron chi connectivity index (χ0n) is 11.1. The van der Waals surface area contributed by atoms with Crippen molar-refractivity contribution in [1.82, 2.24) is 0 Å². The highest BCUT2D eigenvalue weighted by molar-refractivity contribution is 4.99. The van der Waals surface area contributed by atoms with Crippen LogP contribution in [0.4, 0.5) is 0 Å². The Labute approximate surface area is 106 Å². The van der Waals surface area contributed by atoms with Crippen molar-refractivity contribution in [1.29, 1.82) is 0 Å². The molecule has 3 fully saturated rings. The van der Waals surface area contributed by atoms with Crippen LogP contribution in [0.25, 0.3) is 0 Å². The first-order valence-electron chi connectivity index (χ1n) is 6.28. The van der Waals surface area contributed by atoms with E-state index in [9.17, 15) is 5.11 Å². The second-order valence-corrected chi connectivity index (χ2v) is 5.92. The number of rotatable bonds is 1. The fourth-order valence-electron chi connectivity index (χ4n) is 2.78. The third-order valence-corrected chi connectivity index (χ3v) is 3.46. The maximum absolute atomic E-state index is 9.87. The number of hydrogen-bond acceptors (Lipinski definition) is 6. The van der Waals surface area contributed by atoms with E-state index in [0.717, 1.165) is 0 Å². The molecule has 18 heavy (non-hydrogen) atoms. The van der Waals surface area contributed by atoms with Gasteiger partial charge in [0.2, 0.25) is 0 Å². The van der Waals surface area contributed by atoms with Crippen molar-refractivity contribution >= 4 is 0 Å². The van der Waals surface area contributed by atoms with E-state index in [-0.39, 0.29) is 18.3 Å². The van der Waals surface area contributed by atoms with Crippen LogP contribution in [0.1, 0.15) is 27.7 Å². The molecule has 5 unspecified atom stereocenters. The van der Waals surface area contributed by atoms with Gasteiger partial charge in [0, 0.05) is 0 Å². The zero-order valence-corrected chi connectivity index (χ0v) is 11.1. The lowest BCUT2D eigenvalue weighted by atomic mass is 10.1. The van der Waals surface area contributed by atoms with Crippen molar-refractivity contribution < 1.29 is 28.8 Å². The molecule has 0 amide bonds. The largest absolute Gasteiger partial charge is 0.366 e. The third-order valence-electron chi connectivity index (χ3n) is 3.46. The molecule has 6 nitrogen and oxygen atoms in total. The molecule has 5 atom stereocenters. The Kier molecular flexibility index (Phi) is 2.75. The van der Waals surface area contributed by atoms with Crippen molar-refractivity contribution in [3.05, 3.63) is 0 Å². The van der Waals surface area contributed by atoms with Gasteiger partial charge in [-0.3, -0.25) is 0 Å². The summed E-state index contributed by atoms with van der Waals surface area (Å²) in [4.78, 5) is 0. The summed E-state index contributed by atoms with van der Waals surface area (Å²) in [6, 6.07) is 0. The molecule has 3 rings (SSSR count). The molecule has 0 aromatic carbocycles. The van der Waals surface area contributed by atoms with Crippen molar-refractivity contribution in [2.75, 3.05) is 6.61 Å². The quantitative estimate of drug-likeness (QED) is 0.735. The van der Waals surface area contributed by atoms with Crippen LogP contribution in [0.5, 0.6) is 0 Å². The van der Waals surface area contributed by atoms with Gasteiger partial charge in [-0.1, -0.05) is 0 Å². The summed E-state index contributed by atoms with van der Waals surface area (Å²) in [5.74, 6) is -1.32. The summed E-state index contributed by atoms with van der Waals surface area (Å²) in [5, 5.41) is 9.87. The highest BCUT2D eigenvalue weighted by Gasteiger charge is 2.58. The molecule has 3 heterocycles. The summed E-state index contributed by atoms with van der Waals surface area (Å²) in [6.45, 7) is 7.78. The number of aliphatic hydroxyl groups excluding tert-OH is 1. The lowest BCUT2D eigenvalue weighted by molar-refractivity contribution is -0.236. The van der Waals surface area contributed by atoms with Gasteiger partial charge in [0.25, 0.3) is 0 Å². The van der Waals surface area contributed by atoms with E-state index in [2.05, 4.69) is 0 Å². The van der Waals surface area contributed by atoms with Gasteiger partial charge in [-0.25, -0.2) is 0 Å². The molecular formula is C12H20O6. The molecular weight excluding hydrogens is 240 g/mol. The van der Waals surface area contributed by atoms with Gasteiger partial charge in [0.1, 0.15) is 24.4 Å². The van der Waals surface area contributed by atoms with Crippen LogP contribution in [-0.2, 0) is 23.7 Å². The van der Waals surface area contributed by atoms with E-state index in [4.69, 9.17) is 23.7 Å². The second-order valence-electron chi connectivity index (χ2n) is 5.92. The molecule has 104 valence electrons. The van der Waals surface area contributed by atoms with E-state index < -0.39 is 24.0 Å². The second kappa shape index (κ2) is 3.88. The minimum Gasteiger partial charge on any atom is -0.366 e. The van der Waals surface area contributed by atoms with Crippen molar-refractivity contribution in [2.45, 2.75) is 70.0 Å². The standard InChI is InChI=1S/C12H20O6/c1-11(2)14-5-6(16-11)7-8-9(10(13)15-7)18-12(3,4)17-8/h6-10,13H,5H2,1-4H3. The Bertz CT molecular complexity index is 341. The van der Waals surface area contributed by atoms with Crippen LogP contribution < -0.4 is 0 Å². The lowest BCUT2D eigenvalue weighted by Crippen LogP contribution is -2.40. The minimum absolute atomic E-state index is 0.248. The van der Waals surface area contributed by atoms with Crippen molar-refractivity contribution in [3.63, 3.8) is 0 Å². The highest BCUT2D eigenvalue weighted by Crippen LogP contribution is 2.41. The van der Waals surface area contributed by atoms with Crippen LogP contribution in [0.15, 0.2) is 0 Å². The lowest BCUT2D eigenvalue weighted by Gasteiger charge is -2.26. The smallest absolute Gasteiger partial charge is 0.184 e. The van der Waals surface area contributed by atoms with Crippen LogP contribution in [0.2, 0.25) is 0 Å². The Balaban J connectivity index is 1.75. The average Bonchev–Trinajstić information content (AvgIpc) is 2.81. The van der Waals surface area contributed by atoms with Crippen molar-refractivity contribution in [2.24, 2.45) is 0 Å². The van der Waals surface area contributed by atoms with Gasteiger partial charge in [0.05, 0.1) is 6.61 Å². The Morgan fingerprint density at radius 1 is 0.889 bits per heavy atom. The highest BCUT2D eigenvalue weighted by atomic mass is 16.8. The molecule has 0 radical (unpaired) electrons. The Morgan fingerprint density at radius 2 is 1.56 bits per heavy atom. The Hall–Kier alpha value is -0.240. The van der Waals surface area contributed by atoms with Gasteiger partial charge in [-0.05, 0) is 27.7 Å². The summed E-state index contributed by atoms with van der Waals surface area (Å²) >= 11 is 0. The predicted molar refractivity (Wildman–Crippen MR) is 59.6 cm³/mol. The molecule has 6 heteroatoms. The molecule has 0 aliphatic carbocycles. The van der Waals surface area contributed by atoms with E-state index in [1.807, 2.05) is 27.7 Å². The van der Waals surface area contributed by atoms with Crippen LogP contribution in [0.3, 0.4) is 0 Å².